The van der Waals surface area contributed by atoms with Gasteiger partial charge in [-0.15, -0.1) is 0 Å². The zero-order chi connectivity index (χ0) is 18.8. The Morgan fingerprint density at radius 2 is 1.62 bits per heavy atom. The first-order chi connectivity index (χ1) is 12.5. The van der Waals surface area contributed by atoms with Gasteiger partial charge in [-0.1, -0.05) is 36.4 Å². The lowest BCUT2D eigenvalue weighted by molar-refractivity contribution is -0.137. The van der Waals surface area contributed by atoms with Gasteiger partial charge in [0.25, 0.3) is 5.91 Å². The summed E-state index contributed by atoms with van der Waals surface area (Å²) in [5.74, 6) is -1.27. The fraction of sp³-hybridized carbons (Fsp3) is 0.250. The Morgan fingerprint density at radius 1 is 0.885 bits per heavy atom. The number of anilines is 1. The number of hydrogen-bond acceptors (Lipinski definition) is 3. The predicted molar refractivity (Wildman–Crippen MR) is 98.8 cm³/mol. The lowest BCUT2D eigenvalue weighted by Gasteiger charge is -2.08. The second-order valence-electron chi connectivity index (χ2n) is 5.90. The van der Waals surface area contributed by atoms with Crippen LogP contribution in [0.15, 0.2) is 54.6 Å². The van der Waals surface area contributed by atoms with Crippen LogP contribution in [-0.2, 0) is 16.1 Å². The molecule has 0 bridgehead atoms. The molecule has 136 valence electrons. The number of aliphatic carboxylic acids is 1. The summed E-state index contributed by atoms with van der Waals surface area (Å²) in [4.78, 5) is 34.6. The average Bonchev–Trinajstić information content (AvgIpc) is 2.64. The summed E-state index contributed by atoms with van der Waals surface area (Å²) in [6, 6.07) is 16.3. The van der Waals surface area contributed by atoms with Gasteiger partial charge in [0.2, 0.25) is 5.91 Å². The van der Waals surface area contributed by atoms with Crippen molar-refractivity contribution in [1.29, 1.82) is 0 Å². The highest BCUT2D eigenvalue weighted by atomic mass is 16.4. The molecule has 0 aliphatic rings. The van der Waals surface area contributed by atoms with Crippen LogP contribution in [0, 0.1) is 0 Å². The lowest BCUT2D eigenvalue weighted by atomic mass is 10.1. The SMILES string of the molecule is O=C(O)CCCCC(=O)Nc1cccc(C(=O)NCc2ccccc2)c1. The molecule has 0 aliphatic carbocycles. The molecule has 0 aliphatic heterocycles. The molecule has 2 rings (SSSR count). The topological polar surface area (TPSA) is 95.5 Å². The van der Waals surface area contributed by atoms with Crippen LogP contribution in [0.1, 0.15) is 41.6 Å². The van der Waals surface area contributed by atoms with Crippen LogP contribution in [-0.4, -0.2) is 22.9 Å². The monoisotopic (exact) mass is 354 g/mol. The molecule has 26 heavy (non-hydrogen) atoms. The normalized spacial score (nSPS) is 10.2. The fourth-order valence-corrected chi connectivity index (χ4v) is 2.40. The fourth-order valence-electron chi connectivity index (χ4n) is 2.40. The van der Waals surface area contributed by atoms with E-state index in [1.165, 1.54) is 0 Å². The van der Waals surface area contributed by atoms with Crippen molar-refractivity contribution in [2.45, 2.75) is 32.2 Å². The first-order valence-electron chi connectivity index (χ1n) is 8.48. The number of unbranched alkanes of at least 4 members (excludes halogenated alkanes) is 1. The number of nitrogens with one attached hydrogen (secondary N) is 2. The van der Waals surface area contributed by atoms with Crippen molar-refractivity contribution in [2.24, 2.45) is 0 Å². The number of carboxylic acids is 1. The summed E-state index contributed by atoms with van der Waals surface area (Å²) in [5.41, 5.74) is 2.01. The molecule has 0 fully saturated rings. The van der Waals surface area contributed by atoms with Gasteiger partial charge in [0.05, 0.1) is 0 Å². The number of carbonyl (C=O) groups excluding carboxylic acids is 2. The van der Waals surface area contributed by atoms with Crippen molar-refractivity contribution < 1.29 is 19.5 Å². The summed E-state index contributed by atoms with van der Waals surface area (Å²) >= 11 is 0. The molecule has 6 heteroatoms. The Labute approximate surface area is 152 Å². The van der Waals surface area contributed by atoms with E-state index in [1.807, 2.05) is 30.3 Å². The van der Waals surface area contributed by atoms with Gasteiger partial charge in [-0.05, 0) is 36.6 Å². The maximum Gasteiger partial charge on any atom is 0.303 e. The van der Waals surface area contributed by atoms with Crippen LogP contribution in [0.2, 0.25) is 0 Å². The Kier molecular flexibility index (Phi) is 7.36. The van der Waals surface area contributed by atoms with Gasteiger partial charge in [0, 0.05) is 30.6 Å². The Bertz CT molecular complexity index is 759. The number of hydrogen-bond donors (Lipinski definition) is 3. The molecule has 2 aromatic carbocycles. The van der Waals surface area contributed by atoms with Crippen molar-refractivity contribution in [1.82, 2.24) is 5.32 Å². The highest BCUT2D eigenvalue weighted by Crippen LogP contribution is 2.12. The molecule has 2 amide bonds. The van der Waals surface area contributed by atoms with Crippen molar-refractivity contribution in [3.05, 3.63) is 65.7 Å². The van der Waals surface area contributed by atoms with E-state index in [0.717, 1.165) is 5.56 Å². The smallest absolute Gasteiger partial charge is 0.303 e. The average molecular weight is 354 g/mol. The van der Waals surface area contributed by atoms with Crippen molar-refractivity contribution in [3.8, 4) is 0 Å². The quantitative estimate of drug-likeness (QED) is 0.603. The largest absolute Gasteiger partial charge is 0.481 e. The van der Waals surface area contributed by atoms with Crippen LogP contribution in [0.25, 0.3) is 0 Å². The minimum Gasteiger partial charge on any atom is -0.481 e. The minimum atomic E-state index is -0.861. The number of carbonyl (C=O) groups is 3. The molecule has 0 atom stereocenters. The molecule has 0 saturated carbocycles. The van der Waals surface area contributed by atoms with E-state index in [-0.39, 0.29) is 24.7 Å². The van der Waals surface area contributed by atoms with Gasteiger partial charge in [-0.2, -0.15) is 0 Å². The standard InChI is InChI=1S/C20H22N2O4/c23-18(11-4-5-12-19(24)25)22-17-10-6-9-16(13-17)20(26)21-14-15-7-2-1-3-8-15/h1-3,6-10,13H,4-5,11-12,14H2,(H,21,26)(H,22,23)(H,24,25). The lowest BCUT2D eigenvalue weighted by Crippen LogP contribution is -2.23. The molecule has 6 nitrogen and oxygen atoms in total. The molecular weight excluding hydrogens is 332 g/mol. The molecule has 0 unspecified atom stereocenters. The van der Waals surface area contributed by atoms with Crippen LogP contribution >= 0.6 is 0 Å². The summed E-state index contributed by atoms with van der Waals surface area (Å²) < 4.78 is 0. The van der Waals surface area contributed by atoms with Gasteiger partial charge in [-0.3, -0.25) is 14.4 Å². The van der Waals surface area contributed by atoms with E-state index in [0.29, 0.717) is 30.6 Å². The maximum atomic E-state index is 12.3. The third kappa shape index (κ3) is 6.76. The van der Waals surface area contributed by atoms with Gasteiger partial charge < -0.3 is 15.7 Å². The van der Waals surface area contributed by atoms with Gasteiger partial charge >= 0.3 is 5.97 Å². The van der Waals surface area contributed by atoms with E-state index >= 15 is 0 Å². The van der Waals surface area contributed by atoms with E-state index in [1.54, 1.807) is 24.3 Å². The Morgan fingerprint density at radius 3 is 2.35 bits per heavy atom. The van der Waals surface area contributed by atoms with Gasteiger partial charge in [-0.25, -0.2) is 0 Å². The molecule has 3 N–H and O–H groups in total. The van der Waals surface area contributed by atoms with Crippen molar-refractivity contribution >= 4 is 23.5 Å². The van der Waals surface area contributed by atoms with Crippen LogP contribution in [0.5, 0.6) is 0 Å². The first-order valence-corrected chi connectivity index (χ1v) is 8.48. The Balaban J connectivity index is 1.83. The van der Waals surface area contributed by atoms with E-state index in [4.69, 9.17) is 5.11 Å². The molecule has 0 spiro atoms. The third-order valence-electron chi connectivity index (χ3n) is 3.75. The van der Waals surface area contributed by atoms with E-state index < -0.39 is 5.97 Å². The number of amides is 2. The number of carboxylic acid groups (broad SMARTS) is 1. The van der Waals surface area contributed by atoms with Crippen LogP contribution in [0.4, 0.5) is 5.69 Å². The van der Waals surface area contributed by atoms with E-state index in [9.17, 15) is 14.4 Å². The highest BCUT2D eigenvalue weighted by Gasteiger charge is 2.08. The summed E-state index contributed by atoms with van der Waals surface area (Å²) in [6.45, 7) is 0.430. The third-order valence-corrected chi connectivity index (χ3v) is 3.75. The zero-order valence-electron chi connectivity index (χ0n) is 14.4. The van der Waals surface area contributed by atoms with Crippen LogP contribution in [0.3, 0.4) is 0 Å². The highest BCUT2D eigenvalue weighted by molar-refractivity contribution is 5.97. The second-order valence-corrected chi connectivity index (χ2v) is 5.90. The summed E-state index contributed by atoms with van der Waals surface area (Å²) in [6.07, 6.45) is 1.28. The van der Waals surface area contributed by atoms with Crippen LogP contribution < -0.4 is 10.6 Å². The predicted octanol–water partition coefficient (Wildman–Crippen LogP) is 3.20. The van der Waals surface area contributed by atoms with Crippen molar-refractivity contribution in [2.75, 3.05) is 5.32 Å². The molecule has 2 aromatic rings. The Hall–Kier alpha value is -3.15. The maximum absolute atomic E-state index is 12.3. The number of rotatable bonds is 9. The van der Waals surface area contributed by atoms with Gasteiger partial charge in [0.15, 0.2) is 0 Å². The number of benzene rings is 2. The molecular formula is C20H22N2O4. The van der Waals surface area contributed by atoms with Crippen molar-refractivity contribution in [3.63, 3.8) is 0 Å². The summed E-state index contributed by atoms with van der Waals surface area (Å²) in [7, 11) is 0. The zero-order valence-corrected chi connectivity index (χ0v) is 14.4. The molecule has 0 saturated heterocycles. The first kappa shape index (κ1) is 19.2. The molecule has 0 aromatic heterocycles. The summed E-state index contributed by atoms with van der Waals surface area (Å²) in [5, 5.41) is 14.1. The molecule has 0 radical (unpaired) electrons. The van der Waals surface area contributed by atoms with Gasteiger partial charge in [0.1, 0.15) is 0 Å². The minimum absolute atomic E-state index is 0.0599. The second kappa shape index (κ2) is 9.98. The van der Waals surface area contributed by atoms with E-state index in [2.05, 4.69) is 10.6 Å². The molecule has 0 heterocycles.